The molecule has 0 aliphatic carbocycles. The van der Waals surface area contributed by atoms with Gasteiger partial charge in [0.1, 0.15) is 0 Å². The lowest BCUT2D eigenvalue weighted by atomic mass is 10.1. The smallest absolute Gasteiger partial charge is 0.239 e. The number of nitrogens with two attached hydrogens (primary N) is 1. The van der Waals surface area contributed by atoms with Crippen LogP contribution in [0.15, 0.2) is 0 Å². The third-order valence-electron chi connectivity index (χ3n) is 3.29. The fourth-order valence-electron chi connectivity index (χ4n) is 2.26. The number of carbonyl (C=O) groups excluding carboxylic acids is 2. The first-order valence-electron chi connectivity index (χ1n) is 6.25. The van der Waals surface area contributed by atoms with Gasteiger partial charge in [-0.1, -0.05) is 0 Å². The van der Waals surface area contributed by atoms with Gasteiger partial charge >= 0.3 is 0 Å². The molecule has 0 aromatic rings. The van der Waals surface area contributed by atoms with Crippen LogP contribution in [0, 0.1) is 5.92 Å². The molecular weight excluding hydrogens is 218 g/mol. The largest absolute Gasteiger partial charge is 0.343 e. The lowest BCUT2D eigenvalue weighted by molar-refractivity contribution is -0.131. The van der Waals surface area contributed by atoms with Crippen LogP contribution in [0.2, 0.25) is 0 Å². The maximum atomic E-state index is 11.7. The van der Waals surface area contributed by atoms with E-state index in [1.54, 1.807) is 13.8 Å². The highest BCUT2D eigenvalue weighted by molar-refractivity contribution is 5.81. The second-order valence-corrected chi connectivity index (χ2v) is 4.79. The molecule has 0 spiro atoms. The van der Waals surface area contributed by atoms with Crippen LogP contribution in [0.4, 0.5) is 0 Å². The predicted octanol–water partition coefficient (Wildman–Crippen LogP) is 0.0505. The second kappa shape index (κ2) is 6.00. The zero-order valence-corrected chi connectivity index (χ0v) is 11.0. The van der Waals surface area contributed by atoms with Crippen molar-refractivity contribution < 1.29 is 9.59 Å². The monoisotopic (exact) mass is 241 g/mol. The number of amides is 2. The van der Waals surface area contributed by atoms with E-state index in [1.807, 2.05) is 16.7 Å². The lowest BCUT2D eigenvalue weighted by Gasteiger charge is -2.23. The summed E-state index contributed by atoms with van der Waals surface area (Å²) < 4.78 is 0. The molecule has 0 aromatic heterocycles. The van der Waals surface area contributed by atoms with Gasteiger partial charge in [0.25, 0.3) is 0 Å². The SMILES string of the molecule is CCN(CC1CCN(C(=O)[C@H](C)N)C1)C(C)=O. The van der Waals surface area contributed by atoms with Gasteiger partial charge in [-0.25, -0.2) is 0 Å². The molecule has 2 N–H and O–H groups in total. The van der Waals surface area contributed by atoms with Crippen LogP contribution in [0.25, 0.3) is 0 Å². The molecule has 1 aliphatic heterocycles. The van der Waals surface area contributed by atoms with Crippen LogP contribution in [0.5, 0.6) is 0 Å². The lowest BCUT2D eigenvalue weighted by Crippen LogP contribution is -2.41. The predicted molar refractivity (Wildman–Crippen MR) is 66.3 cm³/mol. The van der Waals surface area contributed by atoms with Gasteiger partial charge in [-0.15, -0.1) is 0 Å². The van der Waals surface area contributed by atoms with Crippen molar-refractivity contribution >= 4 is 11.8 Å². The molecular formula is C12H23N3O2. The Labute approximate surface area is 103 Å². The summed E-state index contributed by atoms with van der Waals surface area (Å²) >= 11 is 0. The normalized spacial score (nSPS) is 21.4. The molecule has 98 valence electrons. The minimum atomic E-state index is -0.427. The van der Waals surface area contributed by atoms with Gasteiger partial charge < -0.3 is 15.5 Å². The van der Waals surface area contributed by atoms with Gasteiger partial charge in [0.05, 0.1) is 6.04 Å². The average molecular weight is 241 g/mol. The van der Waals surface area contributed by atoms with Crippen molar-refractivity contribution in [2.75, 3.05) is 26.2 Å². The molecule has 1 fully saturated rings. The molecule has 0 saturated carbocycles. The molecule has 1 aliphatic rings. The summed E-state index contributed by atoms with van der Waals surface area (Å²) in [6.45, 7) is 8.24. The first-order valence-corrected chi connectivity index (χ1v) is 6.25. The second-order valence-electron chi connectivity index (χ2n) is 4.79. The van der Waals surface area contributed by atoms with Crippen LogP contribution >= 0.6 is 0 Å². The van der Waals surface area contributed by atoms with Crippen molar-refractivity contribution in [2.24, 2.45) is 11.7 Å². The maximum Gasteiger partial charge on any atom is 0.239 e. The summed E-state index contributed by atoms with van der Waals surface area (Å²) in [5.41, 5.74) is 5.58. The molecule has 2 amide bonds. The average Bonchev–Trinajstić information content (AvgIpc) is 2.72. The van der Waals surface area contributed by atoms with Crippen molar-refractivity contribution in [1.29, 1.82) is 0 Å². The minimum Gasteiger partial charge on any atom is -0.343 e. The third-order valence-corrected chi connectivity index (χ3v) is 3.29. The highest BCUT2D eigenvalue weighted by Gasteiger charge is 2.29. The summed E-state index contributed by atoms with van der Waals surface area (Å²) in [6, 6.07) is -0.427. The van der Waals surface area contributed by atoms with Gasteiger partial charge in [-0.2, -0.15) is 0 Å². The fourth-order valence-corrected chi connectivity index (χ4v) is 2.26. The Morgan fingerprint density at radius 2 is 2.18 bits per heavy atom. The van der Waals surface area contributed by atoms with Crippen molar-refractivity contribution in [3.8, 4) is 0 Å². The Balaban J connectivity index is 2.45. The van der Waals surface area contributed by atoms with E-state index in [1.165, 1.54) is 0 Å². The van der Waals surface area contributed by atoms with Crippen LogP contribution < -0.4 is 5.73 Å². The Hall–Kier alpha value is -1.10. The van der Waals surface area contributed by atoms with Gasteiger partial charge in [0.2, 0.25) is 11.8 Å². The van der Waals surface area contributed by atoms with E-state index in [0.717, 1.165) is 32.6 Å². The molecule has 5 nitrogen and oxygen atoms in total. The van der Waals surface area contributed by atoms with E-state index in [4.69, 9.17) is 5.73 Å². The first kappa shape index (κ1) is 14.0. The van der Waals surface area contributed by atoms with Gasteiger partial charge in [0, 0.05) is 33.1 Å². The Morgan fingerprint density at radius 3 is 2.65 bits per heavy atom. The molecule has 0 aromatic carbocycles. The molecule has 1 heterocycles. The highest BCUT2D eigenvalue weighted by Crippen LogP contribution is 2.18. The molecule has 1 saturated heterocycles. The van der Waals surface area contributed by atoms with E-state index in [0.29, 0.717) is 5.92 Å². The molecule has 0 bridgehead atoms. The van der Waals surface area contributed by atoms with Gasteiger partial charge in [-0.3, -0.25) is 9.59 Å². The standard InChI is InChI=1S/C12H23N3O2/c1-4-14(10(3)16)7-11-5-6-15(8-11)12(17)9(2)13/h9,11H,4-8,13H2,1-3H3/t9-,11?/m0/s1. The molecule has 1 rings (SSSR count). The number of likely N-dealkylation sites (tertiary alicyclic amines) is 1. The van der Waals surface area contributed by atoms with E-state index >= 15 is 0 Å². The summed E-state index contributed by atoms with van der Waals surface area (Å²) in [4.78, 5) is 26.6. The van der Waals surface area contributed by atoms with Gasteiger partial charge in [-0.05, 0) is 26.2 Å². The molecule has 5 heteroatoms. The first-order chi connectivity index (χ1) is 7.95. The molecule has 17 heavy (non-hydrogen) atoms. The van der Waals surface area contributed by atoms with Crippen molar-refractivity contribution in [1.82, 2.24) is 9.80 Å². The summed E-state index contributed by atoms with van der Waals surface area (Å²) in [5, 5.41) is 0. The van der Waals surface area contributed by atoms with Crippen molar-refractivity contribution in [3.05, 3.63) is 0 Å². The topological polar surface area (TPSA) is 66.6 Å². The minimum absolute atomic E-state index is 0.0124. The summed E-state index contributed by atoms with van der Waals surface area (Å²) in [5.74, 6) is 0.504. The van der Waals surface area contributed by atoms with E-state index < -0.39 is 6.04 Å². The Morgan fingerprint density at radius 1 is 1.53 bits per heavy atom. The zero-order valence-electron chi connectivity index (χ0n) is 11.0. The van der Waals surface area contributed by atoms with Gasteiger partial charge in [0.15, 0.2) is 0 Å². The molecule has 0 radical (unpaired) electrons. The number of hydrogen-bond donors (Lipinski definition) is 1. The number of rotatable bonds is 4. The quantitative estimate of drug-likeness (QED) is 0.756. The van der Waals surface area contributed by atoms with E-state index in [9.17, 15) is 9.59 Å². The van der Waals surface area contributed by atoms with E-state index in [-0.39, 0.29) is 11.8 Å². The fraction of sp³-hybridized carbons (Fsp3) is 0.833. The zero-order chi connectivity index (χ0) is 13.0. The number of hydrogen-bond acceptors (Lipinski definition) is 3. The van der Waals surface area contributed by atoms with Crippen LogP contribution in [-0.4, -0.2) is 53.8 Å². The summed E-state index contributed by atoms with van der Waals surface area (Å²) in [6.07, 6.45) is 0.961. The van der Waals surface area contributed by atoms with Crippen LogP contribution in [0.1, 0.15) is 27.2 Å². The highest BCUT2D eigenvalue weighted by atomic mass is 16.2. The van der Waals surface area contributed by atoms with Crippen molar-refractivity contribution in [3.63, 3.8) is 0 Å². The maximum absolute atomic E-state index is 11.7. The Bertz CT molecular complexity index is 291. The number of carbonyl (C=O) groups is 2. The van der Waals surface area contributed by atoms with Crippen LogP contribution in [-0.2, 0) is 9.59 Å². The third kappa shape index (κ3) is 3.70. The Kier molecular flexibility index (Phi) is 4.93. The van der Waals surface area contributed by atoms with E-state index in [2.05, 4.69) is 0 Å². The van der Waals surface area contributed by atoms with Crippen molar-refractivity contribution in [2.45, 2.75) is 33.2 Å². The molecule has 2 atom stereocenters. The summed E-state index contributed by atoms with van der Waals surface area (Å²) in [7, 11) is 0. The molecule has 1 unspecified atom stereocenters. The van der Waals surface area contributed by atoms with Crippen LogP contribution in [0.3, 0.4) is 0 Å². The number of nitrogens with zero attached hydrogens (tertiary/aromatic N) is 2.